The summed E-state index contributed by atoms with van der Waals surface area (Å²) in [5.41, 5.74) is 9.31. The standard InChI is InChI=1S/C15H12N4/c16-15-17-9-8-14(19-15)12-6-7-13(18-10-12)11-4-2-1-3-5-11/h1-10H,(H2,16,17,19). The third kappa shape index (κ3) is 2.42. The molecule has 0 aliphatic heterocycles. The monoisotopic (exact) mass is 248 g/mol. The van der Waals surface area contributed by atoms with Crippen LogP contribution in [0.2, 0.25) is 0 Å². The van der Waals surface area contributed by atoms with Crippen molar-refractivity contribution in [2.24, 2.45) is 0 Å². The van der Waals surface area contributed by atoms with Gasteiger partial charge in [-0.15, -0.1) is 0 Å². The van der Waals surface area contributed by atoms with Gasteiger partial charge in [-0.3, -0.25) is 4.98 Å². The Hall–Kier alpha value is -2.75. The zero-order valence-corrected chi connectivity index (χ0v) is 10.2. The highest BCUT2D eigenvalue weighted by molar-refractivity contribution is 5.64. The van der Waals surface area contributed by atoms with Gasteiger partial charge in [-0.2, -0.15) is 0 Å². The number of rotatable bonds is 2. The lowest BCUT2D eigenvalue weighted by molar-refractivity contribution is 1.18. The summed E-state index contributed by atoms with van der Waals surface area (Å²) in [6, 6.07) is 15.8. The van der Waals surface area contributed by atoms with Gasteiger partial charge in [0.05, 0.1) is 11.4 Å². The van der Waals surface area contributed by atoms with Crippen molar-refractivity contribution in [1.29, 1.82) is 0 Å². The third-order valence-corrected chi connectivity index (χ3v) is 2.80. The first-order chi connectivity index (χ1) is 9.33. The highest BCUT2D eigenvalue weighted by Gasteiger charge is 2.02. The highest BCUT2D eigenvalue weighted by Crippen LogP contribution is 2.21. The molecular formula is C15H12N4. The van der Waals surface area contributed by atoms with Gasteiger partial charge in [-0.05, 0) is 18.2 Å². The van der Waals surface area contributed by atoms with Crippen LogP contribution in [-0.4, -0.2) is 15.0 Å². The first-order valence-corrected chi connectivity index (χ1v) is 5.93. The summed E-state index contributed by atoms with van der Waals surface area (Å²) in [6.45, 7) is 0. The van der Waals surface area contributed by atoms with Gasteiger partial charge in [0.1, 0.15) is 0 Å². The van der Waals surface area contributed by atoms with Crippen molar-refractivity contribution in [3.05, 3.63) is 60.9 Å². The number of benzene rings is 1. The maximum atomic E-state index is 5.57. The second kappa shape index (κ2) is 4.86. The highest BCUT2D eigenvalue weighted by atomic mass is 15.0. The third-order valence-electron chi connectivity index (χ3n) is 2.80. The SMILES string of the molecule is Nc1nccc(-c2ccc(-c3ccccc3)nc2)n1. The largest absolute Gasteiger partial charge is 0.368 e. The van der Waals surface area contributed by atoms with Gasteiger partial charge in [0.15, 0.2) is 0 Å². The molecule has 4 heteroatoms. The van der Waals surface area contributed by atoms with Crippen LogP contribution in [0.4, 0.5) is 5.95 Å². The fraction of sp³-hybridized carbons (Fsp3) is 0. The molecule has 0 saturated heterocycles. The Morgan fingerprint density at radius 1 is 0.737 bits per heavy atom. The summed E-state index contributed by atoms with van der Waals surface area (Å²) in [5, 5.41) is 0. The molecule has 0 unspecified atom stereocenters. The molecule has 0 atom stereocenters. The van der Waals surface area contributed by atoms with E-state index in [4.69, 9.17) is 5.73 Å². The number of anilines is 1. The van der Waals surface area contributed by atoms with E-state index < -0.39 is 0 Å². The van der Waals surface area contributed by atoms with Gasteiger partial charge in [-0.25, -0.2) is 9.97 Å². The predicted molar refractivity (Wildman–Crippen MR) is 75.1 cm³/mol. The second-order valence-electron chi connectivity index (χ2n) is 4.10. The average Bonchev–Trinajstić information content (AvgIpc) is 2.48. The first-order valence-electron chi connectivity index (χ1n) is 5.93. The normalized spacial score (nSPS) is 10.3. The number of nitrogens with zero attached hydrogens (tertiary/aromatic N) is 3. The molecule has 0 fully saturated rings. The van der Waals surface area contributed by atoms with E-state index in [9.17, 15) is 0 Å². The molecule has 0 aliphatic rings. The zero-order chi connectivity index (χ0) is 13.1. The molecule has 0 saturated carbocycles. The van der Waals surface area contributed by atoms with E-state index in [0.717, 1.165) is 22.5 Å². The summed E-state index contributed by atoms with van der Waals surface area (Å²) < 4.78 is 0. The van der Waals surface area contributed by atoms with E-state index >= 15 is 0 Å². The fourth-order valence-electron chi connectivity index (χ4n) is 1.86. The minimum Gasteiger partial charge on any atom is -0.368 e. The molecule has 0 bridgehead atoms. The van der Waals surface area contributed by atoms with Gasteiger partial charge in [0, 0.05) is 23.5 Å². The quantitative estimate of drug-likeness (QED) is 0.757. The van der Waals surface area contributed by atoms with Gasteiger partial charge in [-0.1, -0.05) is 30.3 Å². The lowest BCUT2D eigenvalue weighted by Gasteiger charge is -2.03. The smallest absolute Gasteiger partial charge is 0.220 e. The van der Waals surface area contributed by atoms with Crippen LogP contribution in [0.1, 0.15) is 0 Å². The van der Waals surface area contributed by atoms with Gasteiger partial charge in [0.25, 0.3) is 0 Å². The average molecular weight is 248 g/mol. The van der Waals surface area contributed by atoms with E-state index in [-0.39, 0.29) is 5.95 Å². The Morgan fingerprint density at radius 3 is 2.26 bits per heavy atom. The van der Waals surface area contributed by atoms with Crippen LogP contribution in [0.15, 0.2) is 60.9 Å². The van der Waals surface area contributed by atoms with Crippen molar-refractivity contribution in [3.8, 4) is 22.5 Å². The maximum Gasteiger partial charge on any atom is 0.220 e. The summed E-state index contributed by atoms with van der Waals surface area (Å²) in [6.07, 6.45) is 3.44. The minimum atomic E-state index is 0.268. The van der Waals surface area contributed by atoms with Crippen molar-refractivity contribution in [2.75, 3.05) is 5.73 Å². The van der Waals surface area contributed by atoms with Gasteiger partial charge < -0.3 is 5.73 Å². The molecular weight excluding hydrogens is 236 g/mol. The molecule has 0 amide bonds. The number of aromatic nitrogens is 3. The number of hydrogen-bond acceptors (Lipinski definition) is 4. The van der Waals surface area contributed by atoms with Gasteiger partial charge >= 0.3 is 0 Å². The second-order valence-corrected chi connectivity index (χ2v) is 4.10. The van der Waals surface area contributed by atoms with Crippen LogP contribution in [-0.2, 0) is 0 Å². The van der Waals surface area contributed by atoms with Crippen LogP contribution < -0.4 is 5.73 Å². The predicted octanol–water partition coefficient (Wildman–Crippen LogP) is 2.79. The molecule has 2 heterocycles. The maximum absolute atomic E-state index is 5.57. The van der Waals surface area contributed by atoms with Crippen molar-refractivity contribution in [1.82, 2.24) is 15.0 Å². The number of pyridine rings is 1. The summed E-state index contributed by atoms with van der Waals surface area (Å²) in [7, 11) is 0. The van der Waals surface area contributed by atoms with E-state index in [1.165, 1.54) is 0 Å². The summed E-state index contributed by atoms with van der Waals surface area (Å²) >= 11 is 0. The molecule has 2 aromatic heterocycles. The van der Waals surface area contributed by atoms with Crippen LogP contribution in [0.5, 0.6) is 0 Å². The van der Waals surface area contributed by atoms with E-state index in [2.05, 4.69) is 15.0 Å². The molecule has 0 aliphatic carbocycles. The van der Waals surface area contributed by atoms with Crippen molar-refractivity contribution in [3.63, 3.8) is 0 Å². The molecule has 4 nitrogen and oxygen atoms in total. The Morgan fingerprint density at radius 2 is 1.58 bits per heavy atom. The van der Waals surface area contributed by atoms with Crippen molar-refractivity contribution >= 4 is 5.95 Å². The molecule has 92 valence electrons. The van der Waals surface area contributed by atoms with Crippen LogP contribution in [0, 0.1) is 0 Å². The van der Waals surface area contributed by atoms with E-state index in [1.54, 1.807) is 12.4 Å². The van der Waals surface area contributed by atoms with Crippen molar-refractivity contribution < 1.29 is 0 Å². The Kier molecular flexibility index (Phi) is 2.90. The van der Waals surface area contributed by atoms with Crippen molar-refractivity contribution in [2.45, 2.75) is 0 Å². The topological polar surface area (TPSA) is 64.7 Å². The molecule has 1 aromatic carbocycles. The number of hydrogen-bond donors (Lipinski definition) is 1. The van der Waals surface area contributed by atoms with Crippen LogP contribution >= 0.6 is 0 Å². The van der Waals surface area contributed by atoms with Crippen LogP contribution in [0.25, 0.3) is 22.5 Å². The molecule has 2 N–H and O–H groups in total. The van der Waals surface area contributed by atoms with Crippen LogP contribution in [0.3, 0.4) is 0 Å². The minimum absolute atomic E-state index is 0.268. The number of nitrogen functional groups attached to an aromatic ring is 1. The summed E-state index contributed by atoms with van der Waals surface area (Å²) in [5.74, 6) is 0.268. The number of nitrogens with two attached hydrogens (primary N) is 1. The van der Waals surface area contributed by atoms with Gasteiger partial charge in [0.2, 0.25) is 5.95 Å². The molecule has 3 rings (SSSR count). The molecule has 0 spiro atoms. The summed E-state index contributed by atoms with van der Waals surface area (Å²) in [4.78, 5) is 12.5. The first kappa shape index (κ1) is 11.3. The Bertz CT molecular complexity index is 678. The Labute approximate surface area is 111 Å². The molecule has 0 radical (unpaired) electrons. The Balaban J connectivity index is 1.95. The fourth-order valence-corrected chi connectivity index (χ4v) is 1.86. The van der Waals surface area contributed by atoms with E-state index in [0.29, 0.717) is 0 Å². The molecule has 3 aromatic rings. The lowest BCUT2D eigenvalue weighted by atomic mass is 10.1. The zero-order valence-electron chi connectivity index (χ0n) is 10.2. The lowest BCUT2D eigenvalue weighted by Crippen LogP contribution is -1.95. The van der Waals surface area contributed by atoms with E-state index in [1.807, 2.05) is 48.5 Å². The molecule has 19 heavy (non-hydrogen) atoms.